The Hall–Kier alpha value is 0.110. The van der Waals surface area contributed by atoms with Gasteiger partial charge in [-0.2, -0.15) is 11.8 Å². The van der Waals surface area contributed by atoms with Crippen LogP contribution in [-0.2, 0) is 0 Å². The molecule has 20 heavy (non-hydrogen) atoms. The average molecular weight is 332 g/mol. The Bertz CT molecular complexity index is 419. The summed E-state index contributed by atoms with van der Waals surface area (Å²) in [5.41, 5.74) is 1.13. The first-order chi connectivity index (χ1) is 9.72. The summed E-state index contributed by atoms with van der Waals surface area (Å²) in [6.07, 6.45) is 6.93. The quantitative estimate of drug-likeness (QED) is 0.716. The smallest absolute Gasteiger partial charge is 0.0640 e. The maximum atomic E-state index is 6.36. The molecule has 0 aromatic heterocycles. The molecule has 1 unspecified atom stereocenters. The van der Waals surface area contributed by atoms with Crippen LogP contribution in [0.5, 0.6) is 0 Å². The van der Waals surface area contributed by atoms with Crippen LogP contribution < -0.4 is 5.32 Å². The summed E-state index contributed by atoms with van der Waals surface area (Å²) in [5, 5.41) is 5.71. The van der Waals surface area contributed by atoms with Gasteiger partial charge in [0.1, 0.15) is 0 Å². The summed E-state index contributed by atoms with van der Waals surface area (Å²) in [7, 11) is 0. The van der Waals surface area contributed by atoms with Crippen molar-refractivity contribution in [3.8, 4) is 0 Å². The van der Waals surface area contributed by atoms with Gasteiger partial charge in [0.05, 0.1) is 10.0 Å². The maximum absolute atomic E-state index is 6.36. The second kappa shape index (κ2) is 8.53. The monoisotopic (exact) mass is 331 g/mol. The van der Waals surface area contributed by atoms with Crippen LogP contribution in [0.4, 0.5) is 0 Å². The Morgan fingerprint density at radius 1 is 1.25 bits per heavy atom. The summed E-state index contributed by atoms with van der Waals surface area (Å²) < 4.78 is 0. The minimum atomic E-state index is 0.290. The molecule has 1 fully saturated rings. The van der Waals surface area contributed by atoms with Gasteiger partial charge < -0.3 is 5.32 Å². The lowest BCUT2D eigenvalue weighted by Gasteiger charge is -2.25. The second-order valence-corrected chi connectivity index (χ2v) is 7.47. The molecule has 2 rings (SSSR count). The standard InChI is InChI=1S/C16H23Cl2NS/c1-2-19-15(11-20-12-7-4-3-5-8-12)13-9-6-10-14(17)16(13)18/h6,9-10,12,15,19H,2-5,7-8,11H2,1H3. The number of halogens is 2. The molecule has 1 aliphatic rings. The van der Waals surface area contributed by atoms with E-state index in [9.17, 15) is 0 Å². The van der Waals surface area contributed by atoms with E-state index in [2.05, 4.69) is 30.1 Å². The Balaban J connectivity index is 2.00. The molecular formula is C16H23Cl2NS. The van der Waals surface area contributed by atoms with Crippen molar-refractivity contribution in [3.05, 3.63) is 33.8 Å². The van der Waals surface area contributed by atoms with E-state index in [1.54, 1.807) is 0 Å². The lowest BCUT2D eigenvalue weighted by molar-refractivity contribution is 0.514. The predicted octanol–water partition coefficient (Wildman–Crippen LogP) is 5.71. The number of rotatable bonds is 6. The fraction of sp³-hybridized carbons (Fsp3) is 0.625. The minimum Gasteiger partial charge on any atom is -0.309 e. The summed E-state index contributed by atoms with van der Waals surface area (Å²) in [6.45, 7) is 3.08. The van der Waals surface area contributed by atoms with Crippen molar-refractivity contribution in [1.82, 2.24) is 5.32 Å². The largest absolute Gasteiger partial charge is 0.309 e. The molecule has 1 N–H and O–H groups in total. The predicted molar refractivity (Wildman–Crippen MR) is 92.2 cm³/mol. The number of benzene rings is 1. The van der Waals surface area contributed by atoms with Crippen LogP contribution in [0.15, 0.2) is 18.2 Å². The molecule has 1 aromatic carbocycles. The van der Waals surface area contributed by atoms with Crippen LogP contribution >= 0.6 is 35.0 Å². The molecule has 0 bridgehead atoms. The number of nitrogens with one attached hydrogen (secondary N) is 1. The lowest BCUT2D eigenvalue weighted by Crippen LogP contribution is -2.24. The van der Waals surface area contributed by atoms with Gasteiger partial charge in [0.2, 0.25) is 0 Å². The Labute approximate surface area is 136 Å². The van der Waals surface area contributed by atoms with E-state index in [0.29, 0.717) is 10.0 Å². The molecule has 0 spiro atoms. The van der Waals surface area contributed by atoms with Crippen molar-refractivity contribution in [2.45, 2.75) is 50.3 Å². The highest BCUT2D eigenvalue weighted by Crippen LogP contribution is 2.34. The van der Waals surface area contributed by atoms with Crippen molar-refractivity contribution in [1.29, 1.82) is 0 Å². The minimum absolute atomic E-state index is 0.290. The highest BCUT2D eigenvalue weighted by Gasteiger charge is 2.19. The summed E-state index contributed by atoms with van der Waals surface area (Å²) >= 11 is 14.6. The molecule has 0 amide bonds. The first-order valence-electron chi connectivity index (χ1n) is 7.51. The topological polar surface area (TPSA) is 12.0 Å². The first-order valence-corrected chi connectivity index (χ1v) is 9.31. The van der Waals surface area contributed by atoms with Gasteiger partial charge in [-0.05, 0) is 31.0 Å². The zero-order valence-electron chi connectivity index (χ0n) is 12.0. The lowest BCUT2D eigenvalue weighted by atomic mass is 10.0. The third kappa shape index (κ3) is 4.56. The Kier molecular flexibility index (Phi) is 7.03. The molecule has 1 aliphatic carbocycles. The molecule has 1 atom stereocenters. The molecule has 0 saturated heterocycles. The summed E-state index contributed by atoms with van der Waals surface area (Å²) in [6, 6.07) is 6.21. The molecular weight excluding hydrogens is 309 g/mol. The number of thioether (sulfide) groups is 1. The van der Waals surface area contributed by atoms with Crippen molar-refractivity contribution in [2.75, 3.05) is 12.3 Å². The molecule has 0 heterocycles. The molecule has 1 nitrogen and oxygen atoms in total. The van der Waals surface area contributed by atoms with E-state index in [-0.39, 0.29) is 6.04 Å². The third-order valence-electron chi connectivity index (χ3n) is 3.86. The van der Waals surface area contributed by atoms with Gasteiger partial charge in [-0.25, -0.2) is 0 Å². The number of hydrogen-bond acceptors (Lipinski definition) is 2. The SMILES string of the molecule is CCNC(CSC1CCCCC1)c1cccc(Cl)c1Cl. The van der Waals surface area contributed by atoms with Crippen molar-refractivity contribution >= 4 is 35.0 Å². The van der Waals surface area contributed by atoms with Gasteiger partial charge in [-0.1, -0.05) is 61.5 Å². The van der Waals surface area contributed by atoms with Gasteiger partial charge in [0.25, 0.3) is 0 Å². The zero-order chi connectivity index (χ0) is 14.4. The fourth-order valence-corrected chi connectivity index (χ4v) is 4.63. The van der Waals surface area contributed by atoms with Gasteiger partial charge in [0, 0.05) is 17.0 Å². The van der Waals surface area contributed by atoms with Crippen LogP contribution in [0.1, 0.15) is 50.6 Å². The van der Waals surface area contributed by atoms with E-state index in [0.717, 1.165) is 23.1 Å². The summed E-state index contributed by atoms with van der Waals surface area (Å²) in [4.78, 5) is 0. The molecule has 1 aromatic rings. The Morgan fingerprint density at radius 2 is 2.00 bits per heavy atom. The van der Waals surface area contributed by atoms with Crippen molar-refractivity contribution in [3.63, 3.8) is 0 Å². The molecule has 0 radical (unpaired) electrons. The highest BCUT2D eigenvalue weighted by molar-refractivity contribution is 7.99. The van der Waals surface area contributed by atoms with Gasteiger partial charge >= 0.3 is 0 Å². The van der Waals surface area contributed by atoms with Crippen LogP contribution in [0.2, 0.25) is 10.0 Å². The fourth-order valence-electron chi connectivity index (χ4n) is 2.76. The van der Waals surface area contributed by atoms with Gasteiger partial charge in [-0.3, -0.25) is 0 Å². The highest BCUT2D eigenvalue weighted by atomic mass is 35.5. The molecule has 0 aliphatic heterocycles. The zero-order valence-corrected chi connectivity index (χ0v) is 14.3. The van der Waals surface area contributed by atoms with Crippen LogP contribution in [0, 0.1) is 0 Å². The molecule has 4 heteroatoms. The van der Waals surface area contributed by atoms with E-state index >= 15 is 0 Å². The van der Waals surface area contributed by atoms with E-state index in [1.807, 2.05) is 12.1 Å². The molecule has 112 valence electrons. The Morgan fingerprint density at radius 3 is 2.70 bits per heavy atom. The average Bonchev–Trinajstić information content (AvgIpc) is 2.48. The van der Waals surface area contributed by atoms with Crippen LogP contribution in [0.25, 0.3) is 0 Å². The van der Waals surface area contributed by atoms with E-state index in [1.165, 1.54) is 32.1 Å². The third-order valence-corrected chi connectivity index (χ3v) is 6.16. The summed E-state index contributed by atoms with van der Waals surface area (Å²) in [5.74, 6) is 1.07. The number of hydrogen-bond donors (Lipinski definition) is 1. The van der Waals surface area contributed by atoms with Crippen molar-refractivity contribution in [2.24, 2.45) is 0 Å². The van der Waals surface area contributed by atoms with Gasteiger partial charge in [0.15, 0.2) is 0 Å². The van der Waals surface area contributed by atoms with Crippen molar-refractivity contribution < 1.29 is 0 Å². The van der Waals surface area contributed by atoms with Crippen LogP contribution in [0.3, 0.4) is 0 Å². The molecule has 1 saturated carbocycles. The van der Waals surface area contributed by atoms with E-state index in [4.69, 9.17) is 23.2 Å². The maximum Gasteiger partial charge on any atom is 0.0640 e. The van der Waals surface area contributed by atoms with E-state index < -0.39 is 0 Å². The normalized spacial score (nSPS) is 18.1. The van der Waals surface area contributed by atoms with Gasteiger partial charge in [-0.15, -0.1) is 0 Å². The van der Waals surface area contributed by atoms with Crippen LogP contribution in [-0.4, -0.2) is 17.5 Å². The second-order valence-electron chi connectivity index (χ2n) is 5.35. The first kappa shape index (κ1) is 16.5.